The standard InChI is InChI=1S/C18H22N4O3S/c23-26(24,16-5-2-1-3-6-16)21-11-7-15-8-12-25-18(15)13-22(14-18)17-19-9-4-10-20-17/h1-6,9-10,15,21H,7-8,11-14H2/t15-/m1/s1. The minimum absolute atomic E-state index is 0.197. The van der Waals surface area contributed by atoms with Crippen molar-refractivity contribution in [2.45, 2.75) is 23.3 Å². The van der Waals surface area contributed by atoms with Gasteiger partial charge in [-0.3, -0.25) is 0 Å². The molecule has 0 unspecified atom stereocenters. The first-order chi connectivity index (χ1) is 12.6. The minimum atomic E-state index is -3.45. The highest BCUT2D eigenvalue weighted by atomic mass is 32.2. The van der Waals surface area contributed by atoms with Crippen LogP contribution in [0.4, 0.5) is 5.95 Å². The van der Waals surface area contributed by atoms with Crippen LogP contribution in [0.3, 0.4) is 0 Å². The van der Waals surface area contributed by atoms with E-state index < -0.39 is 10.0 Å². The van der Waals surface area contributed by atoms with Crippen molar-refractivity contribution in [1.82, 2.24) is 14.7 Å². The Morgan fingerprint density at radius 2 is 1.88 bits per heavy atom. The van der Waals surface area contributed by atoms with E-state index in [1.807, 2.05) is 0 Å². The van der Waals surface area contributed by atoms with E-state index in [0.717, 1.165) is 38.5 Å². The largest absolute Gasteiger partial charge is 0.371 e. The lowest BCUT2D eigenvalue weighted by Gasteiger charge is -2.50. The lowest BCUT2D eigenvalue weighted by atomic mass is 9.79. The highest BCUT2D eigenvalue weighted by Gasteiger charge is 2.53. The van der Waals surface area contributed by atoms with Crippen LogP contribution >= 0.6 is 0 Å². The Hall–Kier alpha value is -2.03. The van der Waals surface area contributed by atoms with Crippen molar-refractivity contribution in [2.75, 3.05) is 31.1 Å². The fourth-order valence-corrected chi connectivity index (χ4v) is 4.86. The van der Waals surface area contributed by atoms with Crippen molar-refractivity contribution in [2.24, 2.45) is 5.92 Å². The molecule has 0 bridgehead atoms. The molecule has 1 N–H and O–H groups in total. The number of benzene rings is 1. The normalized spacial score (nSPS) is 21.7. The maximum atomic E-state index is 12.3. The highest BCUT2D eigenvalue weighted by Crippen LogP contribution is 2.42. The van der Waals surface area contributed by atoms with E-state index in [4.69, 9.17) is 4.74 Å². The molecule has 0 radical (unpaired) electrons. The molecular weight excluding hydrogens is 352 g/mol. The zero-order chi connectivity index (χ0) is 18.0. The fourth-order valence-electron chi connectivity index (χ4n) is 3.79. The number of hydrogen-bond acceptors (Lipinski definition) is 6. The van der Waals surface area contributed by atoms with E-state index in [1.54, 1.807) is 48.8 Å². The van der Waals surface area contributed by atoms with E-state index >= 15 is 0 Å². The fraction of sp³-hybridized carbons (Fsp3) is 0.444. The van der Waals surface area contributed by atoms with Crippen LogP contribution < -0.4 is 9.62 Å². The summed E-state index contributed by atoms with van der Waals surface area (Å²) in [6.07, 6.45) is 5.18. The summed E-state index contributed by atoms with van der Waals surface area (Å²) in [6.45, 7) is 2.65. The summed E-state index contributed by atoms with van der Waals surface area (Å²) in [5.74, 6) is 1.05. The van der Waals surface area contributed by atoms with Crippen molar-refractivity contribution in [3.63, 3.8) is 0 Å². The summed E-state index contributed by atoms with van der Waals surface area (Å²) in [5.41, 5.74) is -0.197. The molecular formula is C18H22N4O3S. The molecule has 1 aromatic carbocycles. The molecule has 138 valence electrons. The molecule has 0 aliphatic carbocycles. The van der Waals surface area contributed by atoms with Crippen LogP contribution in [0.1, 0.15) is 12.8 Å². The molecule has 1 atom stereocenters. The van der Waals surface area contributed by atoms with Gasteiger partial charge in [-0.25, -0.2) is 23.1 Å². The maximum Gasteiger partial charge on any atom is 0.240 e. The average molecular weight is 374 g/mol. The molecule has 2 aliphatic rings. The predicted molar refractivity (Wildman–Crippen MR) is 97.3 cm³/mol. The summed E-state index contributed by atoms with van der Waals surface area (Å²) in [5, 5.41) is 0. The van der Waals surface area contributed by atoms with Gasteiger partial charge >= 0.3 is 0 Å². The number of rotatable bonds is 6. The van der Waals surface area contributed by atoms with Crippen LogP contribution in [-0.2, 0) is 14.8 Å². The molecule has 1 spiro atoms. The second-order valence-electron chi connectivity index (χ2n) is 6.80. The van der Waals surface area contributed by atoms with Crippen molar-refractivity contribution >= 4 is 16.0 Å². The van der Waals surface area contributed by atoms with Gasteiger partial charge < -0.3 is 9.64 Å². The number of nitrogens with one attached hydrogen (secondary N) is 1. The van der Waals surface area contributed by atoms with Crippen molar-refractivity contribution in [3.05, 3.63) is 48.8 Å². The van der Waals surface area contributed by atoms with Crippen LogP contribution in [0.15, 0.2) is 53.7 Å². The number of hydrogen-bond donors (Lipinski definition) is 1. The van der Waals surface area contributed by atoms with Gasteiger partial charge in [0.25, 0.3) is 0 Å². The summed E-state index contributed by atoms with van der Waals surface area (Å²) in [6, 6.07) is 10.3. The highest BCUT2D eigenvalue weighted by molar-refractivity contribution is 7.89. The Morgan fingerprint density at radius 3 is 2.62 bits per heavy atom. The van der Waals surface area contributed by atoms with Crippen LogP contribution in [0, 0.1) is 5.92 Å². The van der Waals surface area contributed by atoms with Gasteiger partial charge in [0.2, 0.25) is 16.0 Å². The van der Waals surface area contributed by atoms with E-state index in [2.05, 4.69) is 19.6 Å². The Kier molecular flexibility index (Phi) is 4.64. The molecule has 0 saturated carbocycles. The molecule has 8 heteroatoms. The zero-order valence-electron chi connectivity index (χ0n) is 14.4. The van der Waals surface area contributed by atoms with E-state index in [1.165, 1.54) is 0 Å². The number of sulfonamides is 1. The van der Waals surface area contributed by atoms with Gasteiger partial charge in [0.05, 0.1) is 18.0 Å². The molecule has 2 fully saturated rings. The summed E-state index contributed by atoms with van der Waals surface area (Å²) in [4.78, 5) is 11.0. The number of anilines is 1. The van der Waals surface area contributed by atoms with E-state index in [-0.39, 0.29) is 5.60 Å². The second kappa shape index (κ2) is 6.94. The Labute approximate surface area is 153 Å². The molecule has 0 amide bonds. The predicted octanol–water partition coefficient (Wildman–Crippen LogP) is 1.44. The molecule has 3 heterocycles. The van der Waals surface area contributed by atoms with Crippen LogP contribution in [0.25, 0.3) is 0 Å². The van der Waals surface area contributed by atoms with Gasteiger partial charge in [0, 0.05) is 25.5 Å². The van der Waals surface area contributed by atoms with Crippen molar-refractivity contribution < 1.29 is 13.2 Å². The van der Waals surface area contributed by atoms with Gasteiger partial charge in [0.1, 0.15) is 5.60 Å². The van der Waals surface area contributed by atoms with Crippen molar-refractivity contribution in [1.29, 1.82) is 0 Å². The quantitative estimate of drug-likeness (QED) is 0.824. The summed E-state index contributed by atoms with van der Waals surface area (Å²) in [7, 11) is -3.45. The summed E-state index contributed by atoms with van der Waals surface area (Å²) < 4.78 is 33.4. The first kappa shape index (κ1) is 17.4. The third-order valence-electron chi connectivity index (χ3n) is 5.19. The molecule has 2 saturated heterocycles. The Balaban J connectivity index is 1.33. The van der Waals surface area contributed by atoms with E-state index in [0.29, 0.717) is 17.4 Å². The molecule has 4 rings (SSSR count). The lowest BCUT2D eigenvalue weighted by Crippen LogP contribution is -2.65. The number of aromatic nitrogens is 2. The van der Waals surface area contributed by atoms with Crippen LogP contribution in [0.5, 0.6) is 0 Å². The third-order valence-corrected chi connectivity index (χ3v) is 6.67. The minimum Gasteiger partial charge on any atom is -0.371 e. The Bertz CT molecular complexity index is 839. The zero-order valence-corrected chi connectivity index (χ0v) is 15.2. The second-order valence-corrected chi connectivity index (χ2v) is 8.57. The van der Waals surface area contributed by atoms with Gasteiger partial charge in [-0.1, -0.05) is 18.2 Å². The van der Waals surface area contributed by atoms with Gasteiger partial charge in [-0.15, -0.1) is 0 Å². The average Bonchev–Trinajstić information content (AvgIpc) is 3.06. The molecule has 7 nitrogen and oxygen atoms in total. The van der Waals surface area contributed by atoms with Crippen molar-refractivity contribution in [3.8, 4) is 0 Å². The van der Waals surface area contributed by atoms with Crippen LogP contribution in [-0.4, -0.2) is 50.2 Å². The molecule has 1 aromatic heterocycles. The maximum absolute atomic E-state index is 12.3. The summed E-state index contributed by atoms with van der Waals surface area (Å²) >= 11 is 0. The number of ether oxygens (including phenoxy) is 1. The smallest absolute Gasteiger partial charge is 0.240 e. The lowest BCUT2D eigenvalue weighted by molar-refractivity contribution is -0.0457. The number of nitrogens with zero attached hydrogens (tertiary/aromatic N) is 3. The topological polar surface area (TPSA) is 84.4 Å². The van der Waals surface area contributed by atoms with Gasteiger partial charge in [0.15, 0.2) is 0 Å². The first-order valence-corrected chi connectivity index (χ1v) is 10.3. The Morgan fingerprint density at radius 1 is 1.15 bits per heavy atom. The molecule has 2 aromatic rings. The van der Waals surface area contributed by atoms with Gasteiger partial charge in [-0.2, -0.15) is 0 Å². The van der Waals surface area contributed by atoms with Crippen LogP contribution in [0.2, 0.25) is 0 Å². The molecule has 2 aliphatic heterocycles. The van der Waals surface area contributed by atoms with E-state index in [9.17, 15) is 8.42 Å². The molecule has 26 heavy (non-hydrogen) atoms. The SMILES string of the molecule is O=S(=O)(NCC[C@@H]1CCOC12CN(c1ncccn1)C2)c1ccccc1. The van der Waals surface area contributed by atoms with Gasteiger partial charge in [-0.05, 0) is 37.0 Å². The first-order valence-electron chi connectivity index (χ1n) is 8.80. The third kappa shape index (κ3) is 3.32. The monoisotopic (exact) mass is 374 g/mol.